The highest BCUT2D eigenvalue weighted by molar-refractivity contribution is 6.02. The first-order valence-electron chi connectivity index (χ1n) is 13.3. The number of carbonyl (C=O) groups excluding carboxylic acids is 4. The number of carbonyl (C=O) groups is 4. The van der Waals surface area contributed by atoms with Crippen molar-refractivity contribution in [3.05, 3.63) is 23.3 Å². The van der Waals surface area contributed by atoms with Gasteiger partial charge >= 0.3 is 11.9 Å². The van der Waals surface area contributed by atoms with Crippen LogP contribution in [0.1, 0.15) is 78.6 Å². The molecule has 9 heteroatoms. The standard InChI is InChI=1S/C28H38O9/c1-4-5-6-23(33)36-37-24(34)13-17-12-18(30)11-16-7-8-19-20-9-10-28(35,22(32)15-29)26(20,2)14-21(31)25(19)27(16,17)3/h11-12,19-21,25,29,31,35H,4-10,13-15H2,1-3H3/t19-,20-,21-,25+,26-,27+,28-/m0/s1. The van der Waals surface area contributed by atoms with Gasteiger partial charge in [0.25, 0.3) is 0 Å². The maximum Gasteiger partial charge on any atom is 0.359 e. The Morgan fingerprint density at radius 1 is 1.11 bits per heavy atom. The van der Waals surface area contributed by atoms with Crippen LogP contribution in [0, 0.1) is 28.6 Å². The van der Waals surface area contributed by atoms with E-state index in [1.54, 1.807) is 6.08 Å². The zero-order chi connectivity index (χ0) is 27.2. The lowest BCUT2D eigenvalue weighted by Gasteiger charge is -2.60. The molecule has 37 heavy (non-hydrogen) atoms. The number of aliphatic hydroxyl groups excluding tert-OH is 2. The minimum atomic E-state index is -1.71. The first-order chi connectivity index (χ1) is 17.4. The van der Waals surface area contributed by atoms with Gasteiger partial charge in [0, 0.05) is 16.7 Å². The van der Waals surface area contributed by atoms with E-state index in [1.807, 2.05) is 20.8 Å². The molecule has 0 spiro atoms. The second kappa shape index (κ2) is 10.1. The predicted molar refractivity (Wildman–Crippen MR) is 130 cm³/mol. The Morgan fingerprint density at radius 2 is 1.81 bits per heavy atom. The fourth-order valence-electron chi connectivity index (χ4n) is 8.01. The van der Waals surface area contributed by atoms with E-state index in [9.17, 15) is 34.5 Å². The molecule has 0 aromatic heterocycles. The Bertz CT molecular complexity index is 1040. The normalized spacial score (nSPS) is 38.5. The van der Waals surface area contributed by atoms with Gasteiger partial charge in [-0.25, -0.2) is 19.4 Å². The zero-order valence-corrected chi connectivity index (χ0v) is 21.8. The Kier molecular flexibility index (Phi) is 7.53. The molecule has 0 amide bonds. The maximum atomic E-state index is 12.7. The number of allylic oxidation sites excluding steroid dienone is 3. The highest BCUT2D eigenvalue weighted by Gasteiger charge is 2.68. The van der Waals surface area contributed by atoms with Crippen LogP contribution in [0.3, 0.4) is 0 Å². The molecule has 0 saturated heterocycles. The number of ketones is 2. The molecule has 0 unspecified atom stereocenters. The van der Waals surface area contributed by atoms with E-state index in [2.05, 4.69) is 4.89 Å². The van der Waals surface area contributed by atoms with E-state index < -0.39 is 46.9 Å². The van der Waals surface area contributed by atoms with E-state index in [1.165, 1.54) is 6.08 Å². The number of hydrogen-bond donors (Lipinski definition) is 3. The van der Waals surface area contributed by atoms with Crippen molar-refractivity contribution < 1.29 is 44.3 Å². The van der Waals surface area contributed by atoms with Gasteiger partial charge in [-0.15, -0.1) is 0 Å². The first kappa shape index (κ1) is 27.7. The average Bonchev–Trinajstić information content (AvgIpc) is 3.12. The molecule has 0 aromatic rings. The van der Waals surface area contributed by atoms with Crippen molar-refractivity contribution in [3.63, 3.8) is 0 Å². The van der Waals surface area contributed by atoms with Crippen LogP contribution in [0.5, 0.6) is 0 Å². The summed E-state index contributed by atoms with van der Waals surface area (Å²) in [5.74, 6) is -2.80. The Labute approximate surface area is 216 Å². The van der Waals surface area contributed by atoms with Gasteiger partial charge in [0.05, 0.1) is 18.9 Å². The van der Waals surface area contributed by atoms with Crippen molar-refractivity contribution in [1.82, 2.24) is 0 Å². The lowest BCUT2D eigenvalue weighted by molar-refractivity contribution is -0.258. The maximum absolute atomic E-state index is 12.7. The largest absolute Gasteiger partial charge is 0.393 e. The summed E-state index contributed by atoms with van der Waals surface area (Å²) in [6.45, 7) is 4.93. The Balaban J connectivity index is 1.60. The molecule has 0 heterocycles. The number of fused-ring (bicyclic) bond motifs is 5. The van der Waals surface area contributed by atoms with E-state index in [4.69, 9.17) is 4.89 Å². The van der Waals surface area contributed by atoms with Crippen molar-refractivity contribution in [2.24, 2.45) is 28.6 Å². The van der Waals surface area contributed by atoms with Gasteiger partial charge in [0.15, 0.2) is 11.6 Å². The quantitative estimate of drug-likeness (QED) is 0.341. The molecule has 3 N–H and O–H groups in total. The molecule has 4 aliphatic carbocycles. The third-order valence-electron chi connectivity index (χ3n) is 9.89. The summed E-state index contributed by atoms with van der Waals surface area (Å²) < 4.78 is 0. The van der Waals surface area contributed by atoms with Gasteiger partial charge in [-0.3, -0.25) is 9.59 Å². The van der Waals surface area contributed by atoms with E-state index in [0.717, 1.165) is 12.0 Å². The molecule has 0 aliphatic heterocycles. The van der Waals surface area contributed by atoms with E-state index >= 15 is 0 Å². The minimum Gasteiger partial charge on any atom is -0.393 e. The summed E-state index contributed by atoms with van der Waals surface area (Å²) in [7, 11) is 0. The van der Waals surface area contributed by atoms with Gasteiger partial charge in [-0.1, -0.05) is 32.8 Å². The van der Waals surface area contributed by atoms with Crippen molar-refractivity contribution in [2.75, 3.05) is 6.61 Å². The van der Waals surface area contributed by atoms with Crippen molar-refractivity contribution in [3.8, 4) is 0 Å². The second-order valence-electron chi connectivity index (χ2n) is 11.6. The fourth-order valence-corrected chi connectivity index (χ4v) is 8.01. The molecule has 204 valence electrons. The summed E-state index contributed by atoms with van der Waals surface area (Å²) >= 11 is 0. The van der Waals surface area contributed by atoms with Gasteiger partial charge in [-0.05, 0) is 68.1 Å². The molecule has 0 bridgehead atoms. The van der Waals surface area contributed by atoms with Crippen molar-refractivity contribution in [1.29, 1.82) is 0 Å². The van der Waals surface area contributed by atoms with Gasteiger partial charge in [0.1, 0.15) is 12.2 Å². The molecular weight excluding hydrogens is 480 g/mol. The molecule has 7 atom stereocenters. The van der Waals surface area contributed by atoms with Crippen LogP contribution < -0.4 is 0 Å². The Morgan fingerprint density at radius 3 is 2.49 bits per heavy atom. The van der Waals surface area contributed by atoms with Crippen LogP contribution in [0.15, 0.2) is 23.3 Å². The van der Waals surface area contributed by atoms with Crippen LogP contribution in [0.25, 0.3) is 0 Å². The molecular formula is C28H38O9. The average molecular weight is 519 g/mol. The summed E-state index contributed by atoms with van der Waals surface area (Å²) in [4.78, 5) is 59.0. The van der Waals surface area contributed by atoms with Crippen LogP contribution >= 0.6 is 0 Å². The number of hydrogen-bond acceptors (Lipinski definition) is 9. The topological polar surface area (TPSA) is 147 Å². The van der Waals surface area contributed by atoms with Crippen LogP contribution in [0.2, 0.25) is 0 Å². The molecule has 0 radical (unpaired) electrons. The van der Waals surface area contributed by atoms with Crippen molar-refractivity contribution in [2.45, 2.75) is 90.3 Å². The summed E-state index contributed by atoms with van der Waals surface area (Å²) in [5, 5.41) is 32.5. The minimum absolute atomic E-state index is 0.0732. The molecule has 4 rings (SSSR count). The monoisotopic (exact) mass is 518 g/mol. The number of aliphatic hydroxyl groups is 3. The fraction of sp³-hybridized carbons (Fsp3) is 0.714. The van der Waals surface area contributed by atoms with E-state index in [-0.39, 0.29) is 49.2 Å². The number of Topliss-reactive ketones (excluding diaryl/α,β-unsaturated/α-hetero) is 1. The summed E-state index contributed by atoms with van der Waals surface area (Å²) in [6, 6.07) is 0. The molecule has 3 saturated carbocycles. The first-order valence-corrected chi connectivity index (χ1v) is 13.3. The Hall–Kier alpha value is -2.36. The SMILES string of the molecule is CCCCC(=O)OOC(=O)CC1=CC(=O)C=C2CC[C@@H]3[C@H]([C@@H](O)C[C@@]4(C)[C@H]3CC[C@]4(O)C(=O)CO)[C@]21C. The van der Waals surface area contributed by atoms with Crippen molar-refractivity contribution >= 4 is 23.5 Å². The van der Waals surface area contributed by atoms with Gasteiger partial charge < -0.3 is 15.3 Å². The van der Waals surface area contributed by atoms with E-state index in [0.29, 0.717) is 31.3 Å². The number of rotatable bonds is 7. The zero-order valence-electron chi connectivity index (χ0n) is 21.8. The van der Waals surface area contributed by atoms with Crippen LogP contribution in [-0.2, 0) is 29.0 Å². The molecule has 3 fully saturated rings. The third-order valence-corrected chi connectivity index (χ3v) is 9.89. The number of unbranched alkanes of at least 4 members (excludes halogenated alkanes) is 1. The second-order valence-corrected chi connectivity index (χ2v) is 11.6. The lowest BCUT2D eigenvalue weighted by atomic mass is 9.44. The predicted octanol–water partition coefficient (Wildman–Crippen LogP) is 2.51. The highest BCUT2D eigenvalue weighted by atomic mass is 17.2. The smallest absolute Gasteiger partial charge is 0.359 e. The lowest BCUT2D eigenvalue weighted by Crippen LogP contribution is -2.62. The molecule has 4 aliphatic rings. The summed E-state index contributed by atoms with van der Waals surface area (Å²) in [6.07, 6.45) is 5.55. The van der Waals surface area contributed by atoms with Gasteiger partial charge in [0.2, 0.25) is 0 Å². The highest BCUT2D eigenvalue weighted by Crippen LogP contribution is 2.68. The molecule has 9 nitrogen and oxygen atoms in total. The molecule has 0 aromatic carbocycles. The third kappa shape index (κ3) is 4.38. The van der Waals surface area contributed by atoms with Gasteiger partial charge in [-0.2, -0.15) is 0 Å². The van der Waals surface area contributed by atoms with Crippen LogP contribution in [-0.4, -0.2) is 57.1 Å². The summed E-state index contributed by atoms with van der Waals surface area (Å²) in [5.41, 5.74) is -2.08. The van der Waals surface area contributed by atoms with Crippen LogP contribution in [0.4, 0.5) is 0 Å².